The van der Waals surface area contributed by atoms with Crippen LogP contribution in [0.4, 0.5) is 0 Å². The molecule has 0 saturated carbocycles. The predicted molar refractivity (Wildman–Crippen MR) is 62.6 cm³/mol. The molecule has 0 fully saturated rings. The van der Waals surface area contributed by atoms with Crippen molar-refractivity contribution in [3.63, 3.8) is 0 Å². The van der Waals surface area contributed by atoms with Crippen molar-refractivity contribution >= 4 is 10.0 Å². The minimum atomic E-state index is -3.43. The zero-order chi connectivity index (χ0) is 12.3. The summed E-state index contributed by atoms with van der Waals surface area (Å²) in [4.78, 5) is 0.284. The second kappa shape index (κ2) is 4.95. The monoisotopic (exact) mass is 243 g/mol. The van der Waals surface area contributed by atoms with Crippen molar-refractivity contribution in [1.29, 1.82) is 0 Å². The summed E-state index contributed by atoms with van der Waals surface area (Å²) in [5.74, 6) is 0. The van der Waals surface area contributed by atoms with Crippen LogP contribution in [0, 0.1) is 0 Å². The third kappa shape index (κ3) is 2.42. The maximum absolute atomic E-state index is 12.0. The van der Waals surface area contributed by atoms with Gasteiger partial charge in [0.15, 0.2) is 0 Å². The molecule has 0 spiro atoms. The summed E-state index contributed by atoms with van der Waals surface area (Å²) < 4.78 is 25.2. The minimum Gasteiger partial charge on any atom is -0.392 e. The van der Waals surface area contributed by atoms with Gasteiger partial charge in [-0.3, -0.25) is 0 Å². The van der Waals surface area contributed by atoms with Gasteiger partial charge in [-0.15, -0.1) is 0 Å². The van der Waals surface area contributed by atoms with Gasteiger partial charge in [-0.05, 0) is 23.6 Å². The molecule has 0 heterocycles. The molecule has 1 rings (SSSR count). The highest BCUT2D eigenvalue weighted by Gasteiger charge is 2.20. The van der Waals surface area contributed by atoms with Crippen molar-refractivity contribution in [3.8, 4) is 0 Å². The highest BCUT2D eigenvalue weighted by Crippen LogP contribution is 2.21. The van der Waals surface area contributed by atoms with Crippen LogP contribution in [0.5, 0.6) is 0 Å². The SMILES string of the molecule is CCc1ccc(CO)cc1S(=O)(=O)N(C)C. The molecule has 0 unspecified atom stereocenters. The Morgan fingerprint density at radius 3 is 2.38 bits per heavy atom. The lowest BCUT2D eigenvalue weighted by atomic mass is 10.1. The standard InChI is InChI=1S/C11H17NO3S/c1-4-10-6-5-9(8-13)7-11(10)16(14,15)12(2)3/h5-7,13H,4,8H2,1-3H3. The van der Waals surface area contributed by atoms with Crippen LogP contribution in [-0.4, -0.2) is 31.9 Å². The lowest BCUT2D eigenvalue weighted by Crippen LogP contribution is -2.23. The summed E-state index contributed by atoms with van der Waals surface area (Å²) >= 11 is 0. The van der Waals surface area contributed by atoms with Crippen molar-refractivity contribution in [2.45, 2.75) is 24.8 Å². The Kier molecular flexibility index (Phi) is 4.07. The molecule has 1 N–H and O–H groups in total. The maximum atomic E-state index is 12.0. The van der Waals surface area contributed by atoms with E-state index < -0.39 is 10.0 Å². The average molecular weight is 243 g/mol. The van der Waals surface area contributed by atoms with E-state index in [0.29, 0.717) is 12.0 Å². The van der Waals surface area contributed by atoms with E-state index >= 15 is 0 Å². The molecule has 0 aliphatic carbocycles. The van der Waals surface area contributed by atoms with Crippen molar-refractivity contribution in [1.82, 2.24) is 4.31 Å². The molecule has 0 atom stereocenters. The van der Waals surface area contributed by atoms with Crippen LogP contribution < -0.4 is 0 Å². The van der Waals surface area contributed by atoms with Gasteiger partial charge in [0, 0.05) is 14.1 Å². The van der Waals surface area contributed by atoms with Crippen molar-refractivity contribution in [3.05, 3.63) is 29.3 Å². The zero-order valence-electron chi connectivity index (χ0n) is 9.77. The van der Waals surface area contributed by atoms with E-state index in [1.807, 2.05) is 6.92 Å². The van der Waals surface area contributed by atoms with Gasteiger partial charge in [-0.1, -0.05) is 19.1 Å². The number of aliphatic hydroxyl groups excluding tert-OH is 1. The first-order chi connectivity index (χ1) is 7.43. The number of aliphatic hydroxyl groups is 1. The highest BCUT2D eigenvalue weighted by atomic mass is 32.2. The van der Waals surface area contributed by atoms with E-state index in [1.54, 1.807) is 12.1 Å². The fourth-order valence-corrected chi connectivity index (χ4v) is 2.66. The topological polar surface area (TPSA) is 57.6 Å². The van der Waals surface area contributed by atoms with Crippen LogP contribution in [0.3, 0.4) is 0 Å². The fraction of sp³-hybridized carbons (Fsp3) is 0.455. The first kappa shape index (κ1) is 13.2. The third-order valence-electron chi connectivity index (χ3n) is 2.45. The number of nitrogens with zero attached hydrogens (tertiary/aromatic N) is 1. The lowest BCUT2D eigenvalue weighted by Gasteiger charge is -2.15. The molecule has 0 aliphatic heterocycles. The number of rotatable bonds is 4. The van der Waals surface area contributed by atoms with Gasteiger partial charge >= 0.3 is 0 Å². The van der Waals surface area contributed by atoms with Crippen LogP contribution in [0.15, 0.2) is 23.1 Å². The number of sulfonamides is 1. The zero-order valence-corrected chi connectivity index (χ0v) is 10.6. The van der Waals surface area contributed by atoms with Gasteiger partial charge in [0.25, 0.3) is 0 Å². The van der Waals surface area contributed by atoms with Gasteiger partial charge in [0.2, 0.25) is 10.0 Å². The molecule has 0 saturated heterocycles. The molecule has 90 valence electrons. The van der Waals surface area contributed by atoms with Gasteiger partial charge in [-0.25, -0.2) is 12.7 Å². The largest absolute Gasteiger partial charge is 0.392 e. The molecule has 0 aliphatic rings. The van der Waals surface area contributed by atoms with Crippen LogP contribution in [-0.2, 0) is 23.1 Å². The molecule has 1 aromatic carbocycles. The Bertz CT molecular complexity index is 466. The fourth-order valence-electron chi connectivity index (χ4n) is 1.43. The highest BCUT2D eigenvalue weighted by molar-refractivity contribution is 7.89. The molecule has 0 bridgehead atoms. The van der Waals surface area contributed by atoms with Gasteiger partial charge < -0.3 is 5.11 Å². The molecule has 0 aromatic heterocycles. The van der Waals surface area contributed by atoms with E-state index in [4.69, 9.17) is 5.11 Å². The maximum Gasteiger partial charge on any atom is 0.242 e. The van der Waals surface area contributed by atoms with E-state index in [2.05, 4.69) is 0 Å². The Morgan fingerprint density at radius 2 is 1.94 bits per heavy atom. The minimum absolute atomic E-state index is 0.153. The Balaban J connectivity index is 3.41. The quantitative estimate of drug-likeness (QED) is 0.858. The molecular weight excluding hydrogens is 226 g/mol. The molecule has 1 aromatic rings. The second-order valence-corrected chi connectivity index (χ2v) is 5.86. The molecule has 0 radical (unpaired) electrons. The summed E-state index contributed by atoms with van der Waals surface area (Å²) in [5.41, 5.74) is 1.38. The molecule has 16 heavy (non-hydrogen) atoms. The second-order valence-electron chi connectivity index (χ2n) is 3.74. The van der Waals surface area contributed by atoms with E-state index in [9.17, 15) is 8.42 Å². The molecule has 5 heteroatoms. The molecular formula is C11H17NO3S. The Hall–Kier alpha value is -0.910. The normalized spacial score (nSPS) is 12.1. The summed E-state index contributed by atoms with van der Waals surface area (Å²) in [6.07, 6.45) is 0.647. The van der Waals surface area contributed by atoms with Crippen molar-refractivity contribution < 1.29 is 13.5 Å². The third-order valence-corrected chi connectivity index (χ3v) is 4.35. The van der Waals surface area contributed by atoms with Crippen LogP contribution >= 0.6 is 0 Å². The number of hydrogen-bond donors (Lipinski definition) is 1. The van der Waals surface area contributed by atoms with Crippen molar-refractivity contribution in [2.75, 3.05) is 14.1 Å². The summed E-state index contributed by atoms with van der Waals surface area (Å²) in [7, 11) is -0.429. The van der Waals surface area contributed by atoms with Gasteiger partial charge in [0.1, 0.15) is 0 Å². The predicted octanol–water partition coefficient (Wildman–Crippen LogP) is 0.992. The number of hydrogen-bond acceptors (Lipinski definition) is 3. The number of aryl methyl sites for hydroxylation is 1. The summed E-state index contributed by atoms with van der Waals surface area (Å²) in [6, 6.07) is 5.03. The van der Waals surface area contributed by atoms with E-state index in [0.717, 1.165) is 5.56 Å². The Morgan fingerprint density at radius 1 is 1.31 bits per heavy atom. The smallest absolute Gasteiger partial charge is 0.242 e. The summed E-state index contributed by atoms with van der Waals surface area (Å²) in [5, 5.41) is 9.02. The van der Waals surface area contributed by atoms with E-state index in [-0.39, 0.29) is 11.5 Å². The average Bonchev–Trinajstić information content (AvgIpc) is 2.27. The van der Waals surface area contributed by atoms with Crippen LogP contribution in [0.2, 0.25) is 0 Å². The van der Waals surface area contributed by atoms with Gasteiger partial charge in [-0.2, -0.15) is 0 Å². The van der Waals surface area contributed by atoms with E-state index in [1.165, 1.54) is 24.5 Å². The lowest BCUT2D eigenvalue weighted by molar-refractivity contribution is 0.281. The van der Waals surface area contributed by atoms with Crippen molar-refractivity contribution in [2.24, 2.45) is 0 Å². The summed E-state index contributed by atoms with van der Waals surface area (Å²) in [6.45, 7) is 1.75. The molecule has 4 nitrogen and oxygen atoms in total. The number of benzene rings is 1. The van der Waals surface area contributed by atoms with Crippen LogP contribution in [0.1, 0.15) is 18.1 Å². The van der Waals surface area contributed by atoms with Gasteiger partial charge in [0.05, 0.1) is 11.5 Å². The molecule has 0 amide bonds. The first-order valence-electron chi connectivity index (χ1n) is 5.08. The first-order valence-corrected chi connectivity index (χ1v) is 6.52. The Labute approximate surface area is 96.6 Å². The van der Waals surface area contributed by atoms with Crippen LogP contribution in [0.25, 0.3) is 0 Å².